The summed E-state index contributed by atoms with van der Waals surface area (Å²) in [6.45, 7) is 0. The number of hydrogen-bond acceptors (Lipinski definition) is 7. The Morgan fingerprint density at radius 1 is 0.862 bits per heavy atom. The third-order valence-corrected chi connectivity index (χ3v) is 10.6. The Morgan fingerprint density at radius 3 is 2.14 bits per heavy atom. The van der Waals surface area contributed by atoms with Crippen LogP contribution in [0, 0.1) is 0 Å². The molecule has 158 valence electrons. The van der Waals surface area contributed by atoms with E-state index in [1.807, 2.05) is 18.2 Å². The van der Waals surface area contributed by atoms with Crippen LogP contribution < -0.4 is 5.43 Å². The van der Waals surface area contributed by atoms with Crippen molar-refractivity contribution in [3.63, 3.8) is 0 Å². The fourth-order valence-electron chi connectivity index (χ4n) is 3.85. The topological polar surface area (TPSA) is 118 Å². The highest BCUT2D eigenvalue weighted by molar-refractivity contribution is 7.92. The van der Waals surface area contributed by atoms with Gasteiger partial charge in [-0.25, -0.2) is 30.7 Å². The molecule has 4 rings (SSSR count). The maximum atomic E-state index is 13.4. The molecule has 0 unspecified atom stereocenters. The number of hydrogen-bond donors (Lipinski definition) is 1. The quantitative estimate of drug-likeness (QED) is 0.656. The molecule has 8 nitrogen and oxygen atoms in total. The molecule has 2 aliphatic heterocycles. The van der Waals surface area contributed by atoms with E-state index in [2.05, 4.69) is 5.43 Å². The van der Waals surface area contributed by atoms with Crippen LogP contribution in [0.4, 0.5) is 0 Å². The van der Waals surface area contributed by atoms with E-state index in [9.17, 15) is 25.3 Å². The van der Waals surface area contributed by atoms with E-state index >= 15 is 0 Å². The molecule has 2 heterocycles. The third kappa shape index (κ3) is 4.33. The summed E-state index contributed by atoms with van der Waals surface area (Å²) in [5.74, 6) is -0.563. The number of hydrazine groups is 1. The van der Waals surface area contributed by atoms with Crippen LogP contribution >= 0.6 is 0 Å². The van der Waals surface area contributed by atoms with Gasteiger partial charge in [0.15, 0.2) is 19.7 Å². The average Bonchev–Trinajstić information content (AvgIpc) is 3.19. The summed E-state index contributed by atoms with van der Waals surface area (Å²) in [6, 6.07) is 10.7. The SMILES string of the molecule is O=S1(=O)CC[C@@H](NN([C@@H]2CCS(=O)(=O)C2)S(=O)(=O)c2ccc3ccccc3c2)C1. The lowest BCUT2D eigenvalue weighted by Gasteiger charge is -2.30. The summed E-state index contributed by atoms with van der Waals surface area (Å²) in [7, 11) is -10.7. The second-order valence-electron chi connectivity index (χ2n) is 7.60. The van der Waals surface area contributed by atoms with Crippen LogP contribution in [-0.2, 0) is 29.7 Å². The van der Waals surface area contributed by atoms with Crippen molar-refractivity contribution in [3.05, 3.63) is 42.5 Å². The van der Waals surface area contributed by atoms with Crippen molar-refractivity contribution in [3.8, 4) is 0 Å². The molecule has 11 heteroatoms. The van der Waals surface area contributed by atoms with E-state index < -0.39 is 41.8 Å². The van der Waals surface area contributed by atoms with Crippen LogP contribution in [0.1, 0.15) is 12.8 Å². The van der Waals surface area contributed by atoms with Gasteiger partial charge in [-0.1, -0.05) is 30.3 Å². The Balaban J connectivity index is 1.71. The summed E-state index contributed by atoms with van der Waals surface area (Å²) in [6.07, 6.45) is 0.452. The molecular weight excluding hydrogens is 436 g/mol. The van der Waals surface area contributed by atoms with Crippen molar-refractivity contribution in [2.75, 3.05) is 23.0 Å². The number of sulfone groups is 2. The molecule has 2 aliphatic rings. The van der Waals surface area contributed by atoms with Crippen LogP contribution in [0.15, 0.2) is 47.4 Å². The Kier molecular flexibility index (Phi) is 5.23. The molecule has 1 N–H and O–H groups in total. The molecule has 29 heavy (non-hydrogen) atoms. The van der Waals surface area contributed by atoms with Crippen LogP contribution in [0.25, 0.3) is 10.8 Å². The van der Waals surface area contributed by atoms with Gasteiger partial charge in [-0.05, 0) is 35.7 Å². The molecule has 0 aliphatic carbocycles. The van der Waals surface area contributed by atoms with Gasteiger partial charge in [0.25, 0.3) is 10.0 Å². The molecule has 2 atom stereocenters. The number of sulfonamides is 1. The van der Waals surface area contributed by atoms with Crippen molar-refractivity contribution in [1.29, 1.82) is 0 Å². The second kappa shape index (κ2) is 7.31. The van der Waals surface area contributed by atoms with E-state index in [0.29, 0.717) is 0 Å². The van der Waals surface area contributed by atoms with Crippen molar-refractivity contribution < 1.29 is 25.3 Å². The molecule has 0 radical (unpaired) electrons. The highest BCUT2D eigenvalue weighted by Crippen LogP contribution is 2.27. The third-order valence-electron chi connectivity index (χ3n) is 5.36. The highest BCUT2D eigenvalue weighted by atomic mass is 32.2. The fourth-order valence-corrected chi connectivity index (χ4v) is 8.91. The van der Waals surface area contributed by atoms with Gasteiger partial charge in [0.05, 0.1) is 33.9 Å². The van der Waals surface area contributed by atoms with Crippen molar-refractivity contribution in [2.24, 2.45) is 0 Å². The monoisotopic (exact) mass is 458 g/mol. The molecule has 2 saturated heterocycles. The first-order chi connectivity index (χ1) is 13.6. The minimum Gasteiger partial charge on any atom is -0.237 e. The summed E-state index contributed by atoms with van der Waals surface area (Å²) in [5, 5.41) is 1.63. The molecule has 0 bridgehead atoms. The molecule has 2 aromatic carbocycles. The Hall–Kier alpha value is -1.53. The van der Waals surface area contributed by atoms with Gasteiger partial charge >= 0.3 is 0 Å². The first kappa shape index (κ1) is 20.7. The van der Waals surface area contributed by atoms with E-state index in [4.69, 9.17) is 0 Å². The first-order valence-electron chi connectivity index (χ1n) is 9.26. The molecule has 0 saturated carbocycles. The number of rotatable bonds is 5. The zero-order valence-electron chi connectivity index (χ0n) is 15.6. The molecule has 0 spiro atoms. The maximum absolute atomic E-state index is 13.4. The number of nitrogens with zero attached hydrogens (tertiary/aromatic N) is 1. The van der Waals surface area contributed by atoms with Gasteiger partial charge in [-0.3, -0.25) is 0 Å². The van der Waals surface area contributed by atoms with Crippen molar-refractivity contribution >= 4 is 40.5 Å². The lowest BCUT2D eigenvalue weighted by molar-refractivity contribution is 0.229. The van der Waals surface area contributed by atoms with Gasteiger partial charge in [0.2, 0.25) is 0 Å². The molecule has 0 amide bonds. The number of fused-ring (bicyclic) bond motifs is 1. The Morgan fingerprint density at radius 2 is 1.52 bits per heavy atom. The van der Waals surface area contributed by atoms with E-state index in [-0.39, 0.29) is 40.7 Å². The van der Waals surface area contributed by atoms with Crippen LogP contribution in [0.2, 0.25) is 0 Å². The van der Waals surface area contributed by atoms with E-state index in [1.54, 1.807) is 18.2 Å². The highest BCUT2D eigenvalue weighted by Gasteiger charge is 2.41. The van der Waals surface area contributed by atoms with Crippen LogP contribution in [0.3, 0.4) is 0 Å². The summed E-state index contributed by atoms with van der Waals surface area (Å²) < 4.78 is 75.5. The lowest BCUT2D eigenvalue weighted by Crippen LogP contribution is -2.54. The van der Waals surface area contributed by atoms with Crippen molar-refractivity contribution in [1.82, 2.24) is 9.84 Å². The standard InChI is InChI=1S/C18H22N2O6S3/c21-27(22)9-7-16(12-27)19-20(17-8-10-28(23,24)13-17)29(25,26)18-6-5-14-3-1-2-4-15(14)11-18/h1-6,11,16-17,19H,7-10,12-13H2/t16-,17-/m1/s1. The first-order valence-corrected chi connectivity index (χ1v) is 14.3. The predicted molar refractivity (Wildman–Crippen MR) is 110 cm³/mol. The minimum absolute atomic E-state index is 0.0164. The van der Waals surface area contributed by atoms with Crippen molar-refractivity contribution in [2.45, 2.75) is 29.8 Å². The molecule has 2 aromatic rings. The smallest absolute Gasteiger partial charge is 0.237 e. The second-order valence-corrected chi connectivity index (χ2v) is 13.9. The zero-order chi connectivity index (χ0) is 20.9. The number of nitrogens with one attached hydrogen (secondary N) is 1. The maximum Gasteiger partial charge on any atom is 0.256 e. The summed E-state index contributed by atoms with van der Waals surface area (Å²) in [4.78, 5) is 0.0360. The Bertz CT molecular complexity index is 1260. The van der Waals surface area contributed by atoms with Crippen LogP contribution in [-0.4, -0.2) is 64.8 Å². The van der Waals surface area contributed by atoms with E-state index in [1.165, 1.54) is 6.07 Å². The zero-order valence-corrected chi connectivity index (χ0v) is 18.0. The molecule has 0 aromatic heterocycles. The number of benzene rings is 2. The fraction of sp³-hybridized carbons (Fsp3) is 0.444. The summed E-state index contributed by atoms with van der Waals surface area (Å²) in [5.41, 5.74) is 2.84. The largest absolute Gasteiger partial charge is 0.256 e. The molecular formula is C18H22N2O6S3. The van der Waals surface area contributed by atoms with Gasteiger partial charge in [0, 0.05) is 6.04 Å². The normalized spacial score (nSPS) is 26.2. The predicted octanol–water partition coefficient (Wildman–Crippen LogP) is 0.709. The van der Waals surface area contributed by atoms with Gasteiger partial charge in [0.1, 0.15) is 0 Å². The summed E-state index contributed by atoms with van der Waals surface area (Å²) >= 11 is 0. The van der Waals surface area contributed by atoms with Gasteiger partial charge in [-0.2, -0.15) is 0 Å². The van der Waals surface area contributed by atoms with Gasteiger partial charge in [-0.15, -0.1) is 4.41 Å². The lowest BCUT2D eigenvalue weighted by atomic mass is 10.1. The average molecular weight is 459 g/mol. The van der Waals surface area contributed by atoms with Gasteiger partial charge < -0.3 is 0 Å². The molecule has 2 fully saturated rings. The van der Waals surface area contributed by atoms with E-state index in [0.717, 1.165) is 15.2 Å². The van der Waals surface area contributed by atoms with Crippen LogP contribution in [0.5, 0.6) is 0 Å². The Labute approximate surface area is 170 Å². The minimum atomic E-state index is -4.09.